The van der Waals surface area contributed by atoms with Crippen LogP contribution in [-0.2, 0) is 16.6 Å². The molecule has 3 aromatic heterocycles. The van der Waals surface area contributed by atoms with E-state index in [1.807, 2.05) is 32.2 Å². The minimum atomic E-state index is -3.77. The van der Waals surface area contributed by atoms with Crippen molar-refractivity contribution in [2.24, 2.45) is 0 Å². The summed E-state index contributed by atoms with van der Waals surface area (Å²) >= 11 is 12.2. The van der Waals surface area contributed by atoms with E-state index in [4.69, 9.17) is 28.2 Å². The molecule has 1 fully saturated rings. The fourth-order valence-electron chi connectivity index (χ4n) is 4.35. The van der Waals surface area contributed by atoms with Crippen LogP contribution >= 0.6 is 23.2 Å². The van der Waals surface area contributed by atoms with E-state index in [1.165, 1.54) is 16.4 Å². The van der Waals surface area contributed by atoms with E-state index in [2.05, 4.69) is 15.4 Å². The average molecular weight is 529 g/mol. The van der Waals surface area contributed by atoms with Crippen LogP contribution in [0.5, 0.6) is 0 Å². The number of aromatic nitrogens is 4. The molecule has 0 spiro atoms. The first-order chi connectivity index (χ1) is 16.8. The lowest BCUT2D eigenvalue weighted by atomic mass is 9.95. The molecule has 1 aromatic carbocycles. The normalized spacial score (nSPS) is 17.0. The lowest BCUT2D eigenvalue weighted by molar-refractivity contribution is 0.313. The van der Waals surface area contributed by atoms with Gasteiger partial charge in [-0.1, -0.05) is 29.3 Å². The Morgan fingerprint density at radius 1 is 1.17 bits per heavy atom. The number of hydrogen-bond acceptors (Lipinski definition) is 6. The zero-order valence-corrected chi connectivity index (χ0v) is 21.4. The molecular weight excluding hydrogens is 506 g/mol. The summed E-state index contributed by atoms with van der Waals surface area (Å²) in [6.45, 7) is 1.32. The van der Waals surface area contributed by atoms with Crippen molar-refractivity contribution < 1.29 is 8.42 Å². The predicted molar refractivity (Wildman–Crippen MR) is 140 cm³/mol. The van der Waals surface area contributed by atoms with Crippen LogP contribution in [0, 0.1) is 0 Å². The summed E-state index contributed by atoms with van der Waals surface area (Å²) in [6, 6.07) is 10.3. The summed E-state index contributed by atoms with van der Waals surface area (Å²) in [7, 11) is -1.81. The van der Waals surface area contributed by atoms with Gasteiger partial charge in [0, 0.05) is 55.2 Å². The number of nitrogens with zero attached hydrogens (tertiary/aromatic N) is 5. The highest BCUT2D eigenvalue weighted by Crippen LogP contribution is 2.33. The van der Waals surface area contributed by atoms with Gasteiger partial charge >= 0.3 is 0 Å². The first-order valence-electron chi connectivity index (χ1n) is 11.3. The van der Waals surface area contributed by atoms with Gasteiger partial charge in [0.15, 0.2) is 5.65 Å². The Morgan fingerprint density at radius 2 is 2.03 bits per heavy atom. The van der Waals surface area contributed by atoms with Crippen LogP contribution in [0.15, 0.2) is 59.9 Å². The Kier molecular flexibility index (Phi) is 6.72. The van der Waals surface area contributed by atoms with Crippen molar-refractivity contribution in [3.8, 4) is 0 Å². The largest absolute Gasteiger partial charge is 0.366 e. The third-order valence-electron chi connectivity index (χ3n) is 6.18. The van der Waals surface area contributed by atoms with E-state index in [0.29, 0.717) is 24.7 Å². The molecule has 12 heteroatoms. The van der Waals surface area contributed by atoms with E-state index in [0.717, 1.165) is 41.0 Å². The summed E-state index contributed by atoms with van der Waals surface area (Å²) in [4.78, 5) is 9.11. The smallest absolute Gasteiger partial charge is 0.244 e. The van der Waals surface area contributed by atoms with Gasteiger partial charge in [-0.05, 0) is 48.1 Å². The summed E-state index contributed by atoms with van der Waals surface area (Å²) in [5, 5.41) is 8.42. The van der Waals surface area contributed by atoms with Gasteiger partial charge in [-0.15, -0.1) is 0 Å². The van der Waals surface area contributed by atoms with E-state index < -0.39 is 10.0 Å². The zero-order valence-electron chi connectivity index (χ0n) is 19.0. The van der Waals surface area contributed by atoms with Gasteiger partial charge in [0.25, 0.3) is 0 Å². The second-order valence-corrected chi connectivity index (χ2v) is 11.4. The van der Waals surface area contributed by atoms with Gasteiger partial charge < -0.3 is 5.32 Å². The quantitative estimate of drug-likeness (QED) is 0.387. The number of sulfonamides is 1. The van der Waals surface area contributed by atoms with Crippen molar-refractivity contribution in [1.82, 2.24) is 23.9 Å². The molecule has 1 atom stereocenters. The summed E-state index contributed by atoms with van der Waals surface area (Å²) < 4.78 is 30.1. The fourth-order valence-corrected chi connectivity index (χ4v) is 6.62. The molecule has 1 aliphatic rings. The van der Waals surface area contributed by atoms with Crippen molar-refractivity contribution >= 4 is 58.0 Å². The molecule has 8 nitrogen and oxygen atoms in total. The molecular formula is C23H23BCl2N6O2S. The van der Waals surface area contributed by atoms with Gasteiger partial charge in [-0.3, -0.25) is 4.98 Å². The van der Waals surface area contributed by atoms with Crippen molar-refractivity contribution in [3.05, 3.63) is 76.3 Å². The minimum Gasteiger partial charge on any atom is -0.366 e. The predicted octanol–water partition coefficient (Wildman–Crippen LogP) is 2.87. The molecule has 0 bridgehead atoms. The SMILES string of the molecule is Bc1cnn2c(NCc3cccnc3)cc(C3CCCN(S(=O)(=O)c4ccc(Cl)cc4Cl)C3)nc12. The summed E-state index contributed by atoms with van der Waals surface area (Å²) in [5.74, 6) is 0.727. The molecule has 0 radical (unpaired) electrons. The minimum absolute atomic E-state index is 0.0668. The Labute approximate surface area is 214 Å². The lowest BCUT2D eigenvalue weighted by Crippen LogP contribution is -2.39. The van der Waals surface area contributed by atoms with Crippen LogP contribution in [0.4, 0.5) is 5.82 Å². The topological polar surface area (TPSA) is 92.5 Å². The molecule has 4 heterocycles. The number of fused-ring (bicyclic) bond motifs is 1. The van der Waals surface area contributed by atoms with E-state index in [9.17, 15) is 8.42 Å². The molecule has 0 saturated carbocycles. The van der Waals surface area contributed by atoms with Gasteiger partial charge in [0.1, 0.15) is 18.6 Å². The zero-order chi connectivity index (χ0) is 24.6. The number of piperidine rings is 1. The summed E-state index contributed by atoms with van der Waals surface area (Å²) in [5.41, 5.74) is 3.57. The van der Waals surface area contributed by atoms with Crippen LogP contribution in [-0.4, -0.2) is 53.2 Å². The number of pyridine rings is 1. The molecule has 5 rings (SSSR count). The first kappa shape index (κ1) is 24.1. The van der Waals surface area contributed by atoms with Gasteiger partial charge in [0.2, 0.25) is 10.0 Å². The third-order valence-corrected chi connectivity index (χ3v) is 8.76. The highest BCUT2D eigenvalue weighted by molar-refractivity contribution is 7.89. The molecule has 1 aliphatic heterocycles. The standard InChI is InChI=1S/C23H23BCl2N6O2S/c24-18-13-29-32-22(28-12-15-3-1-7-27-11-15)10-20(30-23(18)32)16-4-2-8-31(14-16)35(33,34)21-6-5-17(25)9-19(21)26/h1,3,5-7,9-11,13,16,28H,2,4,8,12,14,24H2. The van der Waals surface area contributed by atoms with Crippen molar-refractivity contribution in [3.63, 3.8) is 0 Å². The van der Waals surface area contributed by atoms with Crippen molar-refractivity contribution in [2.45, 2.75) is 30.2 Å². The number of anilines is 1. The van der Waals surface area contributed by atoms with Crippen molar-refractivity contribution in [1.29, 1.82) is 0 Å². The maximum Gasteiger partial charge on any atom is 0.244 e. The monoisotopic (exact) mass is 528 g/mol. The van der Waals surface area contributed by atoms with Crippen LogP contribution in [0.25, 0.3) is 5.65 Å². The van der Waals surface area contributed by atoms with Crippen LogP contribution in [0.3, 0.4) is 0 Å². The maximum atomic E-state index is 13.4. The van der Waals surface area contributed by atoms with E-state index in [1.54, 1.807) is 23.0 Å². The van der Waals surface area contributed by atoms with Crippen LogP contribution < -0.4 is 10.8 Å². The maximum absolute atomic E-state index is 13.4. The molecule has 1 saturated heterocycles. The highest BCUT2D eigenvalue weighted by atomic mass is 35.5. The Bertz CT molecular complexity index is 1480. The average Bonchev–Trinajstić information content (AvgIpc) is 3.24. The molecule has 1 unspecified atom stereocenters. The van der Waals surface area contributed by atoms with Gasteiger partial charge in [-0.25, -0.2) is 13.4 Å². The van der Waals surface area contributed by atoms with Crippen LogP contribution in [0.1, 0.15) is 30.0 Å². The Balaban J connectivity index is 1.45. The van der Waals surface area contributed by atoms with E-state index in [-0.39, 0.29) is 15.8 Å². The number of hydrogen-bond donors (Lipinski definition) is 1. The van der Waals surface area contributed by atoms with Crippen molar-refractivity contribution in [2.75, 3.05) is 18.4 Å². The Morgan fingerprint density at radius 3 is 2.80 bits per heavy atom. The molecule has 4 aromatic rings. The number of halogens is 2. The molecule has 0 amide bonds. The van der Waals surface area contributed by atoms with Gasteiger partial charge in [0.05, 0.1) is 10.7 Å². The molecule has 1 N–H and O–H groups in total. The highest BCUT2D eigenvalue weighted by Gasteiger charge is 2.33. The lowest BCUT2D eigenvalue weighted by Gasteiger charge is -2.32. The van der Waals surface area contributed by atoms with E-state index >= 15 is 0 Å². The number of benzene rings is 1. The molecule has 180 valence electrons. The van der Waals surface area contributed by atoms with Crippen LogP contribution in [0.2, 0.25) is 10.0 Å². The van der Waals surface area contributed by atoms with Gasteiger partial charge in [-0.2, -0.15) is 13.9 Å². The first-order valence-corrected chi connectivity index (χ1v) is 13.5. The Hall–Kier alpha value is -2.66. The second-order valence-electron chi connectivity index (χ2n) is 8.62. The molecule has 35 heavy (non-hydrogen) atoms. The second kappa shape index (κ2) is 9.77. The fraction of sp³-hybridized carbons (Fsp3) is 0.261. The summed E-state index contributed by atoms with van der Waals surface area (Å²) in [6.07, 6.45) is 6.88. The number of nitrogens with one attached hydrogen (secondary N) is 1. The number of rotatable bonds is 6. The molecule has 0 aliphatic carbocycles. The third kappa shape index (κ3) is 4.88.